The number of hydrazone groups is 1. The standard InChI is InChI=1S/C23H26Br2N2O5/c1-5-30-21(29)13-31-19-9-7-6-8-16(19)11-26-27-20(28)12-32-23-17(14(2)3)10-18(24)15(4)22(23)25/h6-11,14H,5,12-13H2,1-4H3,(H,27,28). The molecular weight excluding hydrogens is 544 g/mol. The fraction of sp³-hybridized carbons (Fsp3) is 0.348. The zero-order chi connectivity index (χ0) is 23.7. The third-order valence-electron chi connectivity index (χ3n) is 4.36. The molecule has 0 bridgehead atoms. The lowest BCUT2D eigenvalue weighted by molar-refractivity contribution is -0.145. The van der Waals surface area contributed by atoms with Crippen molar-refractivity contribution in [2.24, 2.45) is 5.10 Å². The molecule has 172 valence electrons. The van der Waals surface area contributed by atoms with E-state index in [9.17, 15) is 9.59 Å². The number of amides is 1. The normalized spacial score (nSPS) is 11.0. The minimum Gasteiger partial charge on any atom is -0.482 e. The quantitative estimate of drug-likeness (QED) is 0.244. The molecule has 0 saturated heterocycles. The van der Waals surface area contributed by atoms with Crippen molar-refractivity contribution < 1.29 is 23.8 Å². The van der Waals surface area contributed by atoms with Crippen molar-refractivity contribution >= 4 is 50.0 Å². The molecule has 0 heterocycles. The third-order valence-corrected chi connectivity index (χ3v) is 6.14. The zero-order valence-corrected chi connectivity index (χ0v) is 21.6. The van der Waals surface area contributed by atoms with Crippen molar-refractivity contribution in [1.29, 1.82) is 0 Å². The molecule has 0 aromatic heterocycles. The molecule has 0 saturated carbocycles. The Morgan fingerprint density at radius 3 is 2.56 bits per heavy atom. The molecule has 2 rings (SSSR count). The Hall–Kier alpha value is -2.39. The second-order valence-electron chi connectivity index (χ2n) is 7.08. The van der Waals surface area contributed by atoms with Crippen LogP contribution in [0.1, 0.15) is 43.4 Å². The number of hydrogen-bond donors (Lipinski definition) is 1. The van der Waals surface area contributed by atoms with Gasteiger partial charge in [0.05, 0.1) is 17.3 Å². The molecule has 2 aromatic rings. The largest absolute Gasteiger partial charge is 0.482 e. The fourth-order valence-electron chi connectivity index (χ4n) is 2.69. The van der Waals surface area contributed by atoms with Crippen LogP contribution in [0.3, 0.4) is 0 Å². The van der Waals surface area contributed by atoms with Gasteiger partial charge in [-0.15, -0.1) is 0 Å². The molecule has 1 N–H and O–H groups in total. The van der Waals surface area contributed by atoms with Crippen molar-refractivity contribution in [1.82, 2.24) is 5.43 Å². The summed E-state index contributed by atoms with van der Waals surface area (Å²) in [6.45, 7) is 7.68. The van der Waals surface area contributed by atoms with Crippen molar-refractivity contribution in [3.63, 3.8) is 0 Å². The van der Waals surface area contributed by atoms with E-state index in [0.717, 1.165) is 20.1 Å². The highest BCUT2D eigenvalue weighted by atomic mass is 79.9. The van der Waals surface area contributed by atoms with Gasteiger partial charge in [0.2, 0.25) is 0 Å². The Bertz CT molecular complexity index is 993. The Labute approximate surface area is 204 Å². The topological polar surface area (TPSA) is 86.2 Å². The lowest BCUT2D eigenvalue weighted by Gasteiger charge is -2.18. The molecule has 0 radical (unpaired) electrons. The van der Waals surface area contributed by atoms with Gasteiger partial charge in [0.1, 0.15) is 11.5 Å². The number of nitrogens with one attached hydrogen (secondary N) is 1. The monoisotopic (exact) mass is 568 g/mol. The summed E-state index contributed by atoms with van der Waals surface area (Å²) < 4.78 is 17.9. The Kier molecular flexibility index (Phi) is 10.2. The SMILES string of the molecule is CCOC(=O)COc1ccccc1C=NNC(=O)COc1c(C(C)C)cc(Br)c(C)c1Br. The van der Waals surface area contributed by atoms with Crippen molar-refractivity contribution in [2.75, 3.05) is 19.8 Å². The van der Waals surface area contributed by atoms with E-state index in [-0.39, 0.29) is 25.7 Å². The maximum atomic E-state index is 12.3. The van der Waals surface area contributed by atoms with Crippen LogP contribution in [-0.2, 0) is 14.3 Å². The van der Waals surface area contributed by atoms with Gasteiger partial charge < -0.3 is 14.2 Å². The van der Waals surface area contributed by atoms with Gasteiger partial charge >= 0.3 is 5.97 Å². The first-order valence-corrected chi connectivity index (χ1v) is 11.6. The maximum Gasteiger partial charge on any atom is 0.344 e. The number of nitrogens with zero attached hydrogens (tertiary/aromatic N) is 1. The van der Waals surface area contributed by atoms with Crippen molar-refractivity contribution in [3.05, 3.63) is 56.0 Å². The summed E-state index contributed by atoms with van der Waals surface area (Å²) in [6.07, 6.45) is 1.44. The van der Waals surface area contributed by atoms with Crippen LogP contribution in [0.5, 0.6) is 11.5 Å². The van der Waals surface area contributed by atoms with E-state index >= 15 is 0 Å². The van der Waals surface area contributed by atoms with Crippen LogP contribution >= 0.6 is 31.9 Å². The molecule has 0 aliphatic rings. The average molecular weight is 570 g/mol. The van der Waals surface area contributed by atoms with Gasteiger partial charge in [-0.1, -0.05) is 41.9 Å². The molecule has 1 amide bonds. The Balaban J connectivity index is 1.99. The van der Waals surface area contributed by atoms with Crippen LogP contribution in [0.25, 0.3) is 0 Å². The number of hydrogen-bond acceptors (Lipinski definition) is 6. The predicted octanol–water partition coefficient (Wildman–Crippen LogP) is 5.11. The highest BCUT2D eigenvalue weighted by Crippen LogP contribution is 2.40. The molecule has 2 aromatic carbocycles. The van der Waals surface area contributed by atoms with E-state index in [4.69, 9.17) is 14.2 Å². The zero-order valence-electron chi connectivity index (χ0n) is 18.4. The molecule has 7 nitrogen and oxygen atoms in total. The first-order valence-electron chi connectivity index (χ1n) is 10.0. The van der Waals surface area contributed by atoms with E-state index in [2.05, 4.69) is 56.2 Å². The molecule has 9 heteroatoms. The van der Waals surface area contributed by atoms with Gasteiger partial charge in [-0.05, 0) is 65.0 Å². The van der Waals surface area contributed by atoms with Crippen LogP contribution in [0.4, 0.5) is 0 Å². The van der Waals surface area contributed by atoms with E-state index in [1.807, 2.05) is 13.0 Å². The van der Waals surface area contributed by atoms with E-state index in [1.165, 1.54) is 6.21 Å². The number of esters is 1. The van der Waals surface area contributed by atoms with Gasteiger partial charge in [-0.2, -0.15) is 5.10 Å². The van der Waals surface area contributed by atoms with Crippen molar-refractivity contribution in [2.45, 2.75) is 33.6 Å². The highest BCUT2D eigenvalue weighted by molar-refractivity contribution is 9.11. The molecular formula is C23H26Br2N2O5. The lowest BCUT2D eigenvalue weighted by Crippen LogP contribution is -2.25. The summed E-state index contributed by atoms with van der Waals surface area (Å²) in [5.41, 5.74) is 5.02. The van der Waals surface area contributed by atoms with Gasteiger partial charge in [-0.25, -0.2) is 10.2 Å². The van der Waals surface area contributed by atoms with Gasteiger partial charge in [-0.3, -0.25) is 4.79 Å². The first kappa shape index (κ1) is 25.9. The Morgan fingerprint density at radius 2 is 1.88 bits per heavy atom. The maximum absolute atomic E-state index is 12.3. The van der Waals surface area contributed by atoms with Gasteiger partial charge in [0.15, 0.2) is 13.2 Å². The lowest BCUT2D eigenvalue weighted by atomic mass is 10.0. The molecule has 0 aliphatic carbocycles. The smallest absolute Gasteiger partial charge is 0.344 e. The van der Waals surface area contributed by atoms with Crippen LogP contribution in [0.2, 0.25) is 0 Å². The van der Waals surface area contributed by atoms with E-state index in [1.54, 1.807) is 31.2 Å². The molecule has 0 fully saturated rings. The van der Waals surface area contributed by atoms with Gasteiger partial charge in [0.25, 0.3) is 5.91 Å². The summed E-state index contributed by atoms with van der Waals surface area (Å²) in [5.74, 6) is 0.432. The number of halogens is 2. The average Bonchev–Trinajstić information content (AvgIpc) is 2.76. The fourth-order valence-corrected chi connectivity index (χ4v) is 3.96. The summed E-state index contributed by atoms with van der Waals surface area (Å²) in [4.78, 5) is 23.7. The van der Waals surface area contributed by atoms with Gasteiger partial charge in [0, 0.05) is 10.0 Å². The number of para-hydroxylation sites is 1. The second kappa shape index (κ2) is 12.6. The van der Waals surface area contributed by atoms with Crippen LogP contribution < -0.4 is 14.9 Å². The molecule has 0 spiro atoms. The number of ether oxygens (including phenoxy) is 3. The minimum atomic E-state index is -0.459. The number of benzene rings is 2. The summed E-state index contributed by atoms with van der Waals surface area (Å²) >= 11 is 7.11. The summed E-state index contributed by atoms with van der Waals surface area (Å²) in [6, 6.07) is 9.03. The number of carbonyl (C=O) groups is 2. The molecule has 0 aliphatic heterocycles. The van der Waals surface area contributed by atoms with Crippen LogP contribution in [-0.4, -0.2) is 37.9 Å². The summed E-state index contributed by atoms with van der Waals surface area (Å²) in [5, 5.41) is 3.97. The van der Waals surface area contributed by atoms with Crippen LogP contribution in [0.15, 0.2) is 44.4 Å². The molecule has 0 unspecified atom stereocenters. The predicted molar refractivity (Wildman–Crippen MR) is 130 cm³/mol. The highest BCUT2D eigenvalue weighted by Gasteiger charge is 2.17. The van der Waals surface area contributed by atoms with E-state index < -0.39 is 11.9 Å². The number of carbonyl (C=O) groups excluding carboxylic acids is 2. The third kappa shape index (κ3) is 7.34. The summed E-state index contributed by atoms with van der Waals surface area (Å²) in [7, 11) is 0. The first-order chi connectivity index (χ1) is 15.2. The molecule has 0 atom stereocenters. The number of rotatable bonds is 10. The molecule has 32 heavy (non-hydrogen) atoms. The second-order valence-corrected chi connectivity index (χ2v) is 8.73. The van der Waals surface area contributed by atoms with Crippen LogP contribution in [0, 0.1) is 6.92 Å². The minimum absolute atomic E-state index is 0.197. The van der Waals surface area contributed by atoms with E-state index in [0.29, 0.717) is 17.1 Å². The van der Waals surface area contributed by atoms with Crippen molar-refractivity contribution in [3.8, 4) is 11.5 Å². The Morgan fingerprint density at radius 1 is 1.16 bits per heavy atom.